The molecule has 1 unspecified atom stereocenters. The molecule has 184 valence electrons. The van der Waals surface area contributed by atoms with Crippen molar-refractivity contribution in [2.24, 2.45) is 5.92 Å². The zero-order chi connectivity index (χ0) is 24.2. The van der Waals surface area contributed by atoms with Crippen LogP contribution in [0.25, 0.3) is 0 Å². The van der Waals surface area contributed by atoms with Gasteiger partial charge in [0.05, 0.1) is 31.6 Å². The van der Waals surface area contributed by atoms with Gasteiger partial charge in [0.2, 0.25) is 0 Å². The van der Waals surface area contributed by atoms with Crippen LogP contribution in [-0.4, -0.2) is 64.4 Å². The quantitative estimate of drug-likeness (QED) is 0.660. The molecule has 0 radical (unpaired) electrons. The Morgan fingerprint density at radius 1 is 1.29 bits per heavy atom. The molecular formula is C28H33N3O4. The Labute approximate surface area is 205 Å². The number of pyridine rings is 1. The zero-order valence-corrected chi connectivity index (χ0v) is 20.4. The number of ether oxygens (including phenoxy) is 1. The Bertz CT molecular complexity index is 1240. The molecule has 6 atom stereocenters. The maximum Gasteiger partial charge on any atom is 0.252 e. The van der Waals surface area contributed by atoms with Gasteiger partial charge in [-0.1, -0.05) is 17.9 Å². The first-order valence-corrected chi connectivity index (χ1v) is 13.0. The van der Waals surface area contributed by atoms with Crippen LogP contribution < -0.4 is 15.2 Å². The van der Waals surface area contributed by atoms with E-state index in [0.717, 1.165) is 53.0 Å². The summed E-state index contributed by atoms with van der Waals surface area (Å²) in [4.78, 5) is 17.4. The number of likely N-dealkylation sites (tertiary alicyclic amines) is 1. The Hall–Kier alpha value is -2.64. The third kappa shape index (κ3) is 2.74. The van der Waals surface area contributed by atoms with E-state index in [1.54, 1.807) is 24.5 Å². The normalized spacial score (nSPS) is 38.4. The van der Waals surface area contributed by atoms with Crippen molar-refractivity contribution in [2.75, 3.05) is 20.1 Å². The molecule has 1 amide bonds. The van der Waals surface area contributed by atoms with Crippen molar-refractivity contribution in [3.63, 3.8) is 0 Å². The van der Waals surface area contributed by atoms with E-state index in [-0.39, 0.29) is 23.7 Å². The first-order valence-electron chi connectivity index (χ1n) is 13.0. The van der Waals surface area contributed by atoms with Crippen LogP contribution in [-0.2, 0) is 11.8 Å². The number of benzene rings is 1. The second kappa shape index (κ2) is 6.98. The van der Waals surface area contributed by atoms with Crippen LogP contribution in [0.15, 0.2) is 30.6 Å². The maximum absolute atomic E-state index is 13.3. The predicted molar refractivity (Wildman–Crippen MR) is 127 cm³/mol. The Morgan fingerprint density at radius 2 is 2.11 bits per heavy atom. The number of piperidine rings is 1. The summed E-state index contributed by atoms with van der Waals surface area (Å²) in [7, 11) is 2.33. The predicted octanol–water partition coefficient (Wildman–Crippen LogP) is 1.97. The average Bonchev–Trinajstić information content (AvgIpc) is 3.56. The number of hydrogen-bond donors (Lipinski definition) is 2. The van der Waals surface area contributed by atoms with Crippen molar-refractivity contribution in [2.45, 2.75) is 74.7 Å². The Morgan fingerprint density at radius 3 is 2.89 bits per heavy atom. The molecule has 7 heteroatoms. The van der Waals surface area contributed by atoms with Crippen LogP contribution in [0.1, 0.15) is 59.2 Å². The van der Waals surface area contributed by atoms with Gasteiger partial charge in [0.15, 0.2) is 0 Å². The smallest absolute Gasteiger partial charge is 0.252 e. The summed E-state index contributed by atoms with van der Waals surface area (Å²) in [5, 5.41) is 28.9. The van der Waals surface area contributed by atoms with E-state index in [2.05, 4.69) is 17.3 Å². The topological polar surface area (TPSA) is 94.5 Å². The molecule has 2 aliphatic heterocycles. The van der Waals surface area contributed by atoms with E-state index >= 15 is 0 Å². The first kappa shape index (κ1) is 21.6. The highest BCUT2D eigenvalue weighted by atomic mass is 16.5. The van der Waals surface area contributed by atoms with Crippen molar-refractivity contribution >= 4 is 5.91 Å². The summed E-state index contributed by atoms with van der Waals surface area (Å²) in [5.41, 5.74) is 1.88. The summed E-state index contributed by atoms with van der Waals surface area (Å²) < 4.78 is 7.39. The molecule has 3 heterocycles. The van der Waals surface area contributed by atoms with Gasteiger partial charge in [0.25, 0.3) is 5.91 Å². The molecular weight excluding hydrogens is 442 g/mol. The van der Waals surface area contributed by atoms with E-state index in [0.29, 0.717) is 24.2 Å². The summed E-state index contributed by atoms with van der Waals surface area (Å²) in [6, 6.07) is 5.11. The number of aryl methyl sites for hydroxylation is 1. The molecule has 3 aliphatic carbocycles. The maximum atomic E-state index is 13.3. The number of carbonyl (C=O) groups excluding carboxylic acids is 1. The number of rotatable bonds is 4. The molecule has 1 aromatic carbocycles. The lowest BCUT2D eigenvalue weighted by molar-refractivity contribution is -0.950. The number of aromatic nitrogens is 1. The van der Waals surface area contributed by atoms with Gasteiger partial charge >= 0.3 is 0 Å². The van der Waals surface area contributed by atoms with E-state index < -0.39 is 17.1 Å². The SMILES string of the molecule is Cc1cnccc1C(=O)N[C@@H]1CC[C@@]2(O)[C@H]3Cc4ccc([O-])c5c4[C@@]2(CC[N+]3(C)CC2CC2)[C@H]1O5. The second-order valence-electron chi connectivity index (χ2n) is 12.0. The summed E-state index contributed by atoms with van der Waals surface area (Å²) in [6.45, 7) is 3.94. The molecule has 7 nitrogen and oxygen atoms in total. The minimum absolute atomic E-state index is 0.0676. The van der Waals surface area contributed by atoms with Gasteiger partial charge < -0.3 is 24.7 Å². The number of hydrogen-bond acceptors (Lipinski definition) is 5. The number of quaternary nitrogens is 1. The highest BCUT2D eigenvalue weighted by Crippen LogP contribution is 2.66. The molecule has 2 bridgehead atoms. The molecule has 1 saturated heterocycles. The summed E-state index contributed by atoms with van der Waals surface area (Å²) in [6.07, 6.45) is 8.20. The molecule has 1 aromatic heterocycles. The van der Waals surface area contributed by atoms with Gasteiger partial charge in [-0.05, 0) is 49.8 Å². The summed E-state index contributed by atoms with van der Waals surface area (Å²) in [5.74, 6) is 0.887. The van der Waals surface area contributed by atoms with Crippen LogP contribution >= 0.6 is 0 Å². The van der Waals surface area contributed by atoms with Crippen molar-refractivity contribution in [3.05, 3.63) is 52.8 Å². The molecule has 7 rings (SSSR count). The number of likely N-dealkylation sites (N-methyl/N-ethyl adjacent to an activating group) is 1. The van der Waals surface area contributed by atoms with Crippen LogP contribution in [0.3, 0.4) is 0 Å². The lowest BCUT2D eigenvalue weighted by Gasteiger charge is -2.65. The fourth-order valence-electron chi connectivity index (χ4n) is 8.27. The van der Waals surface area contributed by atoms with Crippen molar-refractivity contribution in [1.29, 1.82) is 0 Å². The minimum atomic E-state index is -0.959. The van der Waals surface area contributed by atoms with Crippen molar-refractivity contribution < 1.29 is 24.2 Å². The first-order chi connectivity index (χ1) is 16.8. The number of amides is 1. The molecule has 2 aromatic rings. The zero-order valence-electron chi connectivity index (χ0n) is 20.4. The van der Waals surface area contributed by atoms with Crippen LogP contribution in [0, 0.1) is 12.8 Å². The fraction of sp³-hybridized carbons (Fsp3) is 0.571. The highest BCUT2D eigenvalue weighted by Gasteiger charge is 2.76. The van der Waals surface area contributed by atoms with Crippen LogP contribution in [0.5, 0.6) is 11.5 Å². The van der Waals surface area contributed by atoms with Gasteiger partial charge in [-0.15, -0.1) is 0 Å². The van der Waals surface area contributed by atoms with E-state index in [1.807, 2.05) is 13.0 Å². The highest BCUT2D eigenvalue weighted by molar-refractivity contribution is 5.95. The lowest BCUT2D eigenvalue weighted by atomic mass is 9.48. The van der Waals surface area contributed by atoms with Gasteiger partial charge in [0.1, 0.15) is 23.5 Å². The van der Waals surface area contributed by atoms with Gasteiger partial charge in [-0.25, -0.2) is 0 Å². The van der Waals surface area contributed by atoms with Crippen LogP contribution in [0.4, 0.5) is 0 Å². The number of nitrogens with one attached hydrogen (secondary N) is 1. The third-order valence-corrected chi connectivity index (χ3v) is 10.0. The molecule has 3 fully saturated rings. The average molecular weight is 476 g/mol. The molecule has 5 aliphatic rings. The number of carbonyl (C=O) groups is 1. The van der Waals surface area contributed by atoms with E-state index in [9.17, 15) is 15.0 Å². The Balaban J connectivity index is 1.32. The number of nitrogens with zero attached hydrogens (tertiary/aromatic N) is 2. The van der Waals surface area contributed by atoms with E-state index in [4.69, 9.17) is 4.74 Å². The fourth-order valence-corrected chi connectivity index (χ4v) is 8.27. The standard InChI is InChI=1S/C28H33N3O4/c1-16-14-29-11-8-19(16)26(33)30-20-7-9-28(34)22-13-18-5-6-21(32)24-23(18)27(28,25(20)35-24)10-12-31(22,2)15-17-3-4-17/h5-6,8,11,14,17,20,22,25,34H,3-4,7,9-10,12-13,15H2,1-2H3,(H-,30,32,33)/t20-,22-,25+,27+,28-,31?/m1/s1. The van der Waals surface area contributed by atoms with Gasteiger partial charge in [-0.3, -0.25) is 9.78 Å². The van der Waals surface area contributed by atoms with E-state index in [1.165, 1.54) is 12.8 Å². The van der Waals surface area contributed by atoms with Gasteiger partial charge in [0, 0.05) is 42.3 Å². The second-order valence-corrected chi connectivity index (χ2v) is 12.0. The lowest BCUT2D eigenvalue weighted by Crippen LogP contribution is -2.82. The number of aliphatic hydroxyl groups is 1. The molecule has 2 saturated carbocycles. The molecule has 1 spiro atoms. The Kier molecular flexibility index (Phi) is 4.31. The van der Waals surface area contributed by atoms with Gasteiger partial charge in [-0.2, -0.15) is 0 Å². The molecule has 35 heavy (non-hydrogen) atoms. The monoisotopic (exact) mass is 475 g/mol. The van der Waals surface area contributed by atoms with Crippen molar-refractivity contribution in [3.8, 4) is 11.5 Å². The minimum Gasteiger partial charge on any atom is -0.870 e. The molecule has 2 N–H and O–H groups in total. The summed E-state index contributed by atoms with van der Waals surface area (Å²) >= 11 is 0. The van der Waals surface area contributed by atoms with Crippen molar-refractivity contribution in [1.82, 2.24) is 10.3 Å². The van der Waals surface area contributed by atoms with Crippen LogP contribution in [0.2, 0.25) is 0 Å². The third-order valence-electron chi connectivity index (χ3n) is 10.0. The largest absolute Gasteiger partial charge is 0.870 e.